The lowest BCUT2D eigenvalue weighted by molar-refractivity contribution is 0.547. The third-order valence-electron chi connectivity index (χ3n) is 3.39. The van der Waals surface area contributed by atoms with Crippen molar-refractivity contribution in [3.63, 3.8) is 0 Å². The predicted octanol–water partition coefficient (Wildman–Crippen LogP) is 3.03. The monoisotopic (exact) mass is 313 g/mol. The van der Waals surface area contributed by atoms with E-state index in [9.17, 15) is 4.79 Å². The summed E-state index contributed by atoms with van der Waals surface area (Å²) in [6.07, 6.45) is 1.67. The van der Waals surface area contributed by atoms with E-state index < -0.39 is 0 Å². The summed E-state index contributed by atoms with van der Waals surface area (Å²) in [4.78, 5) is 14.6. The van der Waals surface area contributed by atoms with Gasteiger partial charge in [0, 0.05) is 5.41 Å². The second kappa shape index (κ2) is 6.73. The van der Waals surface area contributed by atoms with Crippen LogP contribution in [0, 0.1) is 0 Å². The molecule has 1 aromatic carbocycles. The maximum Gasteiger partial charge on any atom is 0.274 e. The highest BCUT2D eigenvalue weighted by Crippen LogP contribution is 2.15. The number of anilines is 1. The SMILES string of the molecule is CC(C)c1ccc(/C=N/Nc2nnc(C(C)(C)C)c(=O)[nH]2)cc1. The molecule has 0 unspecified atom stereocenters. The molecule has 1 heterocycles. The second-order valence-electron chi connectivity index (χ2n) is 6.79. The highest BCUT2D eigenvalue weighted by Gasteiger charge is 2.20. The van der Waals surface area contributed by atoms with E-state index in [0.29, 0.717) is 11.6 Å². The van der Waals surface area contributed by atoms with Gasteiger partial charge in [-0.1, -0.05) is 58.9 Å². The van der Waals surface area contributed by atoms with Crippen LogP contribution in [0.1, 0.15) is 57.4 Å². The maximum atomic E-state index is 12.0. The first kappa shape index (κ1) is 16.9. The Bertz CT molecular complexity index is 739. The summed E-state index contributed by atoms with van der Waals surface area (Å²) in [7, 11) is 0. The van der Waals surface area contributed by atoms with Gasteiger partial charge in [-0.3, -0.25) is 9.78 Å². The number of aromatic amines is 1. The minimum absolute atomic E-state index is 0.220. The van der Waals surface area contributed by atoms with Gasteiger partial charge >= 0.3 is 0 Å². The maximum absolute atomic E-state index is 12.0. The molecule has 6 heteroatoms. The first-order chi connectivity index (χ1) is 10.8. The number of hydrogen-bond donors (Lipinski definition) is 2. The Kier molecular flexibility index (Phi) is 4.93. The summed E-state index contributed by atoms with van der Waals surface area (Å²) in [5.74, 6) is 0.721. The van der Waals surface area contributed by atoms with E-state index in [4.69, 9.17) is 0 Å². The van der Waals surface area contributed by atoms with Crippen LogP contribution < -0.4 is 11.0 Å². The number of hydrogen-bond acceptors (Lipinski definition) is 5. The lowest BCUT2D eigenvalue weighted by Gasteiger charge is -2.15. The molecular formula is C17H23N5O. The first-order valence-electron chi connectivity index (χ1n) is 7.64. The Morgan fingerprint density at radius 1 is 1.17 bits per heavy atom. The Labute approximate surface area is 136 Å². The lowest BCUT2D eigenvalue weighted by atomic mass is 9.93. The molecule has 0 aliphatic rings. The number of aromatic nitrogens is 3. The van der Waals surface area contributed by atoms with Gasteiger partial charge in [0.15, 0.2) is 0 Å². The third kappa shape index (κ3) is 4.48. The summed E-state index contributed by atoms with van der Waals surface area (Å²) < 4.78 is 0. The van der Waals surface area contributed by atoms with Crippen LogP contribution >= 0.6 is 0 Å². The molecule has 0 spiro atoms. The topological polar surface area (TPSA) is 83.0 Å². The molecule has 6 nitrogen and oxygen atoms in total. The third-order valence-corrected chi connectivity index (χ3v) is 3.39. The van der Waals surface area contributed by atoms with Crippen molar-refractivity contribution in [3.05, 3.63) is 51.4 Å². The molecule has 122 valence electrons. The van der Waals surface area contributed by atoms with Gasteiger partial charge in [-0.05, 0) is 17.0 Å². The lowest BCUT2D eigenvalue weighted by Crippen LogP contribution is -2.28. The molecule has 2 N–H and O–H groups in total. The number of nitrogens with zero attached hydrogens (tertiary/aromatic N) is 3. The summed E-state index contributed by atoms with van der Waals surface area (Å²) in [5, 5.41) is 12.0. The van der Waals surface area contributed by atoms with E-state index in [-0.39, 0.29) is 16.9 Å². The summed E-state index contributed by atoms with van der Waals surface area (Å²) in [5.41, 5.74) is 4.73. The van der Waals surface area contributed by atoms with E-state index in [1.165, 1.54) is 5.56 Å². The van der Waals surface area contributed by atoms with Crippen molar-refractivity contribution in [1.82, 2.24) is 15.2 Å². The molecule has 0 saturated carbocycles. The van der Waals surface area contributed by atoms with E-state index in [1.54, 1.807) is 6.21 Å². The van der Waals surface area contributed by atoms with E-state index in [1.807, 2.05) is 32.9 Å². The fourth-order valence-electron chi connectivity index (χ4n) is 2.01. The van der Waals surface area contributed by atoms with Crippen molar-refractivity contribution >= 4 is 12.2 Å². The number of hydrazone groups is 1. The van der Waals surface area contributed by atoms with Crippen molar-refractivity contribution in [2.24, 2.45) is 5.10 Å². The van der Waals surface area contributed by atoms with Crippen LogP contribution in [-0.2, 0) is 5.41 Å². The molecule has 0 fully saturated rings. The molecule has 0 amide bonds. The highest BCUT2D eigenvalue weighted by molar-refractivity contribution is 5.80. The summed E-state index contributed by atoms with van der Waals surface area (Å²) >= 11 is 0. The van der Waals surface area contributed by atoms with Crippen LogP contribution in [0.5, 0.6) is 0 Å². The zero-order chi connectivity index (χ0) is 17.0. The summed E-state index contributed by atoms with van der Waals surface area (Å²) in [6.45, 7) is 10.1. The van der Waals surface area contributed by atoms with Crippen LogP contribution in [-0.4, -0.2) is 21.4 Å². The molecule has 0 aliphatic carbocycles. The Morgan fingerprint density at radius 3 is 2.35 bits per heavy atom. The first-order valence-corrected chi connectivity index (χ1v) is 7.64. The fraction of sp³-hybridized carbons (Fsp3) is 0.412. The molecule has 0 radical (unpaired) electrons. The van der Waals surface area contributed by atoms with E-state index in [0.717, 1.165) is 5.56 Å². The van der Waals surface area contributed by atoms with Gasteiger partial charge in [-0.25, -0.2) is 5.43 Å². The van der Waals surface area contributed by atoms with Crippen molar-refractivity contribution in [2.75, 3.05) is 5.43 Å². The molecule has 0 atom stereocenters. The van der Waals surface area contributed by atoms with Crippen LogP contribution in [0.15, 0.2) is 34.2 Å². The van der Waals surface area contributed by atoms with E-state index >= 15 is 0 Å². The molecule has 0 bridgehead atoms. The quantitative estimate of drug-likeness (QED) is 0.671. The van der Waals surface area contributed by atoms with Crippen LogP contribution in [0.3, 0.4) is 0 Å². The average Bonchev–Trinajstić information content (AvgIpc) is 2.46. The molecule has 23 heavy (non-hydrogen) atoms. The van der Waals surface area contributed by atoms with Crippen molar-refractivity contribution in [3.8, 4) is 0 Å². The zero-order valence-corrected chi connectivity index (χ0v) is 14.2. The van der Waals surface area contributed by atoms with Crippen molar-refractivity contribution in [2.45, 2.75) is 46.0 Å². The Hall–Kier alpha value is -2.50. The Morgan fingerprint density at radius 2 is 1.83 bits per heavy atom. The van der Waals surface area contributed by atoms with Gasteiger partial charge in [0.1, 0.15) is 5.69 Å². The number of nitrogens with one attached hydrogen (secondary N) is 2. The predicted molar refractivity (Wildman–Crippen MR) is 93.1 cm³/mol. The van der Waals surface area contributed by atoms with Crippen molar-refractivity contribution < 1.29 is 0 Å². The Balaban J connectivity index is 2.06. The summed E-state index contributed by atoms with van der Waals surface area (Å²) in [6, 6.07) is 8.15. The second-order valence-corrected chi connectivity index (χ2v) is 6.79. The van der Waals surface area contributed by atoms with Gasteiger partial charge in [0.2, 0.25) is 5.95 Å². The number of rotatable bonds is 4. The van der Waals surface area contributed by atoms with Gasteiger partial charge in [0.25, 0.3) is 5.56 Å². The fourth-order valence-corrected chi connectivity index (χ4v) is 2.01. The highest BCUT2D eigenvalue weighted by atomic mass is 16.1. The standard InChI is InChI=1S/C17H23N5O/c1-11(2)13-8-6-12(7-9-13)10-18-21-16-19-15(23)14(20-22-16)17(3,4)5/h6-11H,1-5H3,(H2,19,21,22,23)/b18-10+. The number of benzene rings is 1. The largest absolute Gasteiger partial charge is 0.288 e. The minimum atomic E-state index is -0.347. The molecule has 0 saturated heterocycles. The van der Waals surface area contributed by atoms with Gasteiger partial charge in [-0.15, -0.1) is 10.2 Å². The van der Waals surface area contributed by atoms with Crippen LogP contribution in [0.4, 0.5) is 5.95 Å². The minimum Gasteiger partial charge on any atom is -0.288 e. The normalized spacial score (nSPS) is 12.1. The molecule has 1 aromatic heterocycles. The molecule has 2 rings (SSSR count). The smallest absolute Gasteiger partial charge is 0.274 e. The van der Waals surface area contributed by atoms with Crippen LogP contribution in [0.2, 0.25) is 0 Å². The van der Waals surface area contributed by atoms with Gasteiger partial charge in [-0.2, -0.15) is 5.10 Å². The molecule has 2 aromatic rings. The van der Waals surface area contributed by atoms with E-state index in [2.05, 4.69) is 51.7 Å². The van der Waals surface area contributed by atoms with Gasteiger partial charge < -0.3 is 0 Å². The number of H-pyrrole nitrogens is 1. The van der Waals surface area contributed by atoms with Gasteiger partial charge in [0.05, 0.1) is 6.21 Å². The van der Waals surface area contributed by atoms with Crippen LogP contribution in [0.25, 0.3) is 0 Å². The molecular weight excluding hydrogens is 290 g/mol. The average molecular weight is 313 g/mol. The molecule has 0 aliphatic heterocycles. The zero-order valence-electron chi connectivity index (χ0n) is 14.2. The van der Waals surface area contributed by atoms with Crippen molar-refractivity contribution in [1.29, 1.82) is 0 Å².